The Morgan fingerprint density at radius 3 is 2.76 bits per heavy atom. The molecular weight excluding hydrogens is 440 g/mol. The average molecular weight is 467 g/mol. The van der Waals surface area contributed by atoms with E-state index in [2.05, 4.69) is 32.3 Å². The zero-order chi connectivity index (χ0) is 23.1. The molecule has 1 aromatic carbocycles. The molecule has 0 unspecified atom stereocenters. The number of nitrogens with zero attached hydrogens (tertiary/aromatic N) is 3. The molecule has 8 nitrogen and oxygen atoms in total. The molecule has 0 radical (unpaired) electrons. The highest BCUT2D eigenvalue weighted by Crippen LogP contribution is 2.46. The van der Waals surface area contributed by atoms with Gasteiger partial charge >= 0.3 is 0 Å². The van der Waals surface area contributed by atoms with E-state index in [9.17, 15) is 4.79 Å². The number of nitrogens with one attached hydrogen (secondary N) is 2. The molecule has 0 saturated heterocycles. The summed E-state index contributed by atoms with van der Waals surface area (Å²) in [6.45, 7) is 1.47. The van der Waals surface area contributed by atoms with Gasteiger partial charge in [-0.15, -0.1) is 0 Å². The summed E-state index contributed by atoms with van der Waals surface area (Å²) >= 11 is 6.52. The van der Waals surface area contributed by atoms with Crippen molar-refractivity contribution in [1.29, 1.82) is 0 Å². The molecule has 2 heterocycles. The smallest absolute Gasteiger partial charge is 0.223 e. The molecule has 3 aromatic rings. The van der Waals surface area contributed by atoms with Gasteiger partial charge in [0.2, 0.25) is 5.91 Å². The molecule has 9 heteroatoms. The monoisotopic (exact) mass is 466 g/mol. The number of rotatable bonds is 8. The highest BCUT2D eigenvalue weighted by molar-refractivity contribution is 6.34. The summed E-state index contributed by atoms with van der Waals surface area (Å²) in [6, 6.07) is 7.66. The number of primary amides is 1. The van der Waals surface area contributed by atoms with Crippen LogP contribution >= 0.6 is 11.6 Å². The molecule has 5 rings (SSSR count). The predicted molar refractivity (Wildman–Crippen MR) is 129 cm³/mol. The van der Waals surface area contributed by atoms with Crippen LogP contribution in [0.4, 0.5) is 5.69 Å². The Labute approximate surface area is 197 Å². The van der Waals surface area contributed by atoms with Gasteiger partial charge in [-0.3, -0.25) is 4.79 Å². The summed E-state index contributed by atoms with van der Waals surface area (Å²) in [5, 5.41) is 3.95. The second-order valence-corrected chi connectivity index (χ2v) is 9.39. The lowest BCUT2D eigenvalue weighted by atomic mass is 9.88. The fourth-order valence-electron chi connectivity index (χ4n) is 4.83. The van der Waals surface area contributed by atoms with Crippen LogP contribution < -0.4 is 15.8 Å². The summed E-state index contributed by atoms with van der Waals surface area (Å²) in [4.78, 5) is 26.7. The molecule has 2 aromatic heterocycles. The van der Waals surface area contributed by atoms with Crippen molar-refractivity contribution in [3.8, 4) is 17.1 Å². The number of pyridine rings is 1. The topological polar surface area (TPSA) is 109 Å². The highest BCUT2D eigenvalue weighted by Gasteiger charge is 2.47. The lowest BCUT2D eigenvalue weighted by Crippen LogP contribution is -2.41. The minimum absolute atomic E-state index is 0.112. The first kappa shape index (κ1) is 21.7. The number of H-pyrrole nitrogens is 1. The van der Waals surface area contributed by atoms with Crippen LogP contribution in [0.1, 0.15) is 6.42 Å². The van der Waals surface area contributed by atoms with Gasteiger partial charge in [0, 0.05) is 18.2 Å². The van der Waals surface area contributed by atoms with Crippen molar-refractivity contribution in [2.24, 2.45) is 23.5 Å². The largest absolute Gasteiger partial charge is 0.492 e. The van der Waals surface area contributed by atoms with Crippen molar-refractivity contribution in [2.75, 3.05) is 32.6 Å². The second kappa shape index (κ2) is 8.68. The Morgan fingerprint density at radius 1 is 1.27 bits per heavy atom. The molecule has 0 aliphatic heterocycles. The first-order valence-electron chi connectivity index (χ1n) is 11.1. The van der Waals surface area contributed by atoms with E-state index in [4.69, 9.17) is 27.1 Å². The fraction of sp³-hybridized carbons (Fsp3) is 0.375. The van der Waals surface area contributed by atoms with Crippen LogP contribution in [0.2, 0.25) is 5.02 Å². The number of allylic oxidation sites excluding steroid dienone is 1. The van der Waals surface area contributed by atoms with Crippen molar-refractivity contribution in [1.82, 2.24) is 19.9 Å². The van der Waals surface area contributed by atoms with Crippen molar-refractivity contribution in [3.05, 3.63) is 47.6 Å². The zero-order valence-corrected chi connectivity index (χ0v) is 19.3. The zero-order valence-electron chi connectivity index (χ0n) is 18.6. The fourth-order valence-corrected chi connectivity index (χ4v) is 5.03. The number of likely N-dealkylation sites (N-methyl/N-ethyl adjacent to an activating group) is 1. The summed E-state index contributed by atoms with van der Waals surface area (Å²) in [6.07, 6.45) is 6.78. The number of hydrogen-bond donors (Lipinski definition) is 3. The van der Waals surface area contributed by atoms with Crippen LogP contribution in [0.25, 0.3) is 22.6 Å². The number of nitrogens with two attached hydrogens (primary N) is 1. The van der Waals surface area contributed by atoms with Crippen LogP contribution in [-0.4, -0.2) is 59.0 Å². The van der Waals surface area contributed by atoms with Gasteiger partial charge in [0.25, 0.3) is 0 Å². The SMILES string of the molecule is CN(C)CCOc1ccc(-c2nc3c(N[C@H]4[C@@H](C(N)=O)[C@@H]5C=C[C@H]4C5)c(Cl)cnc3[nH]2)cc1. The van der Waals surface area contributed by atoms with E-state index in [-0.39, 0.29) is 29.7 Å². The van der Waals surface area contributed by atoms with Gasteiger partial charge in [-0.25, -0.2) is 9.97 Å². The minimum atomic E-state index is -0.290. The van der Waals surface area contributed by atoms with Crippen molar-refractivity contribution >= 4 is 34.4 Å². The molecule has 172 valence electrons. The van der Waals surface area contributed by atoms with Crippen LogP contribution in [0, 0.1) is 17.8 Å². The third-order valence-corrected chi connectivity index (χ3v) is 6.79. The predicted octanol–water partition coefficient (Wildman–Crippen LogP) is 3.31. The van der Waals surface area contributed by atoms with Gasteiger partial charge < -0.3 is 25.7 Å². The number of halogens is 1. The van der Waals surface area contributed by atoms with Gasteiger partial charge in [0.15, 0.2) is 5.65 Å². The van der Waals surface area contributed by atoms with Crippen molar-refractivity contribution in [2.45, 2.75) is 12.5 Å². The molecule has 1 saturated carbocycles. The van der Waals surface area contributed by atoms with Crippen LogP contribution in [0.15, 0.2) is 42.6 Å². The molecule has 33 heavy (non-hydrogen) atoms. The van der Waals surface area contributed by atoms with Gasteiger partial charge in [-0.2, -0.15) is 0 Å². The number of carbonyl (C=O) groups excluding carboxylic acids is 1. The lowest BCUT2D eigenvalue weighted by molar-refractivity contribution is -0.122. The van der Waals surface area contributed by atoms with E-state index in [1.54, 1.807) is 6.20 Å². The van der Waals surface area contributed by atoms with Gasteiger partial charge in [0.05, 0.1) is 22.8 Å². The Morgan fingerprint density at radius 2 is 2.03 bits per heavy atom. The van der Waals surface area contributed by atoms with Gasteiger partial charge in [0.1, 0.15) is 23.7 Å². The normalized spacial score (nSPS) is 23.5. The van der Waals surface area contributed by atoms with Crippen LogP contribution in [0.5, 0.6) is 5.75 Å². The molecule has 2 aliphatic carbocycles. The van der Waals surface area contributed by atoms with Gasteiger partial charge in [-0.05, 0) is 56.6 Å². The third kappa shape index (κ3) is 4.16. The van der Waals surface area contributed by atoms with Crippen molar-refractivity contribution in [3.63, 3.8) is 0 Å². The second-order valence-electron chi connectivity index (χ2n) is 8.99. The van der Waals surface area contributed by atoms with E-state index in [0.717, 1.165) is 24.3 Å². The number of amides is 1. The number of anilines is 1. The molecule has 4 atom stereocenters. The summed E-state index contributed by atoms with van der Waals surface area (Å²) in [5.74, 6) is 1.35. The maximum absolute atomic E-state index is 12.1. The number of hydrogen-bond acceptors (Lipinski definition) is 6. The van der Waals surface area contributed by atoms with E-state index in [0.29, 0.717) is 34.3 Å². The van der Waals surface area contributed by atoms with E-state index < -0.39 is 0 Å². The Kier molecular flexibility index (Phi) is 5.72. The van der Waals surface area contributed by atoms with Gasteiger partial charge in [-0.1, -0.05) is 23.8 Å². The molecule has 2 bridgehead atoms. The number of carbonyl (C=O) groups is 1. The minimum Gasteiger partial charge on any atom is -0.492 e. The maximum atomic E-state index is 12.1. The molecule has 0 spiro atoms. The summed E-state index contributed by atoms with van der Waals surface area (Å²) in [5.41, 5.74) is 8.57. The number of benzene rings is 1. The number of aromatic nitrogens is 3. The standard InChI is InChI=1S/C24H27ClN6O2/c1-31(2)9-10-33-16-7-5-13(6-8-16)23-29-21-20(17(25)12-27-24(21)30-23)28-19-15-4-3-14(11-15)18(19)22(26)32/h3-8,12,14-15,18-19H,9-11H2,1-2H3,(H2,26,32)(H2,27,28,29,30)/t14-,15+,18+,19-/m1/s1. The van der Waals surface area contributed by atoms with E-state index in [1.807, 2.05) is 38.4 Å². The Balaban J connectivity index is 1.41. The Hall–Kier alpha value is -3.10. The molecule has 2 aliphatic rings. The Bertz CT molecular complexity index is 1210. The maximum Gasteiger partial charge on any atom is 0.223 e. The van der Waals surface area contributed by atoms with Crippen molar-refractivity contribution < 1.29 is 9.53 Å². The number of imidazole rings is 1. The quantitative estimate of drug-likeness (QED) is 0.439. The summed E-state index contributed by atoms with van der Waals surface area (Å²) < 4.78 is 5.77. The van der Waals surface area contributed by atoms with E-state index >= 15 is 0 Å². The number of fused-ring (bicyclic) bond motifs is 3. The first-order chi connectivity index (χ1) is 15.9. The molecular formula is C24H27ClN6O2. The summed E-state index contributed by atoms with van der Waals surface area (Å²) in [7, 11) is 4.03. The highest BCUT2D eigenvalue weighted by atomic mass is 35.5. The van der Waals surface area contributed by atoms with Crippen LogP contribution in [0.3, 0.4) is 0 Å². The van der Waals surface area contributed by atoms with E-state index in [1.165, 1.54) is 0 Å². The van der Waals surface area contributed by atoms with Crippen LogP contribution in [-0.2, 0) is 4.79 Å². The third-order valence-electron chi connectivity index (χ3n) is 6.50. The number of aromatic amines is 1. The molecule has 4 N–H and O–H groups in total. The molecule has 1 fully saturated rings. The molecule has 1 amide bonds. The number of ether oxygens (including phenoxy) is 1. The average Bonchev–Trinajstić information content (AvgIpc) is 3.50. The first-order valence-corrected chi connectivity index (χ1v) is 11.4. The lowest BCUT2D eigenvalue weighted by Gasteiger charge is -2.27.